The van der Waals surface area contributed by atoms with Gasteiger partial charge in [-0.2, -0.15) is 8.42 Å². The Bertz CT molecular complexity index is 478. The molecule has 9 heteroatoms. The Morgan fingerprint density at radius 1 is 1.50 bits per heavy atom. The zero-order valence-electron chi connectivity index (χ0n) is 8.52. The van der Waals surface area contributed by atoms with Crippen molar-refractivity contribution in [1.82, 2.24) is 3.97 Å². The molecule has 0 aromatic carbocycles. The Balaban J connectivity index is 2.92. The van der Waals surface area contributed by atoms with Crippen molar-refractivity contribution >= 4 is 45.1 Å². The second-order valence-electron chi connectivity index (χ2n) is 3.09. The fourth-order valence-corrected chi connectivity index (χ4v) is 2.42. The number of hydrogen-bond acceptors (Lipinski definition) is 3. The van der Waals surface area contributed by atoms with Crippen molar-refractivity contribution in [1.29, 1.82) is 0 Å². The van der Waals surface area contributed by atoms with Gasteiger partial charge < -0.3 is 0 Å². The minimum absolute atomic E-state index is 0.476. The van der Waals surface area contributed by atoms with Crippen LogP contribution < -0.4 is 4.57 Å². The first-order chi connectivity index (χ1) is 7.13. The van der Waals surface area contributed by atoms with Gasteiger partial charge in [0.1, 0.15) is 19.0 Å². The van der Waals surface area contributed by atoms with Crippen LogP contribution in [0, 0.1) is 6.92 Å². The molecule has 0 saturated carbocycles. The van der Waals surface area contributed by atoms with Crippen LogP contribution in [0.1, 0.15) is 5.82 Å². The maximum atomic E-state index is 11.7. The molecule has 1 rings (SSSR count). The van der Waals surface area contributed by atoms with E-state index < -0.39 is 20.7 Å². The van der Waals surface area contributed by atoms with Crippen molar-refractivity contribution in [3.05, 3.63) is 18.2 Å². The predicted molar refractivity (Wildman–Crippen MR) is 60.9 cm³/mol. The first-order valence-corrected chi connectivity index (χ1v) is 6.63. The van der Waals surface area contributed by atoms with Crippen LogP contribution in [0.15, 0.2) is 12.4 Å². The molecule has 0 radical (unpaired) electrons. The Kier molecular flexibility index (Phi) is 4.13. The van der Waals surface area contributed by atoms with Gasteiger partial charge in [-0.3, -0.25) is 0 Å². The van der Waals surface area contributed by atoms with E-state index in [2.05, 4.69) is 4.18 Å². The highest BCUT2D eigenvalue weighted by atomic mass is 35.6. The Labute approximate surface area is 109 Å². The molecule has 1 aromatic rings. The highest BCUT2D eigenvalue weighted by Gasteiger charge is 2.30. The van der Waals surface area contributed by atoms with Crippen LogP contribution in [-0.4, -0.2) is 22.8 Å². The summed E-state index contributed by atoms with van der Waals surface area (Å²) < 4.78 is 28.7. The number of halogens is 3. The van der Waals surface area contributed by atoms with E-state index in [1.165, 1.54) is 6.20 Å². The van der Waals surface area contributed by atoms with Crippen molar-refractivity contribution in [3.63, 3.8) is 0 Å². The molecule has 0 aliphatic carbocycles. The minimum atomic E-state index is -3.96. The van der Waals surface area contributed by atoms with Gasteiger partial charge in [0.2, 0.25) is 3.79 Å². The highest BCUT2D eigenvalue weighted by Crippen LogP contribution is 2.26. The van der Waals surface area contributed by atoms with E-state index in [0.717, 1.165) is 3.97 Å². The lowest BCUT2D eigenvalue weighted by Gasteiger charge is -2.09. The molecule has 16 heavy (non-hydrogen) atoms. The first-order valence-electron chi connectivity index (χ1n) is 4.14. The third-order valence-corrected chi connectivity index (χ3v) is 3.48. The molecule has 92 valence electrons. The summed E-state index contributed by atoms with van der Waals surface area (Å²) in [6.45, 7) is 1.08. The average Bonchev–Trinajstić information content (AvgIpc) is 2.44. The van der Waals surface area contributed by atoms with E-state index in [0.29, 0.717) is 5.82 Å². The van der Waals surface area contributed by atoms with Crippen LogP contribution in [0.5, 0.6) is 0 Å². The zero-order chi connectivity index (χ0) is 12.6. The molecule has 0 bridgehead atoms. The summed E-state index contributed by atoms with van der Waals surface area (Å²) in [5.74, 6) is 0.476. The van der Waals surface area contributed by atoms with Crippen molar-refractivity contribution in [3.8, 4) is 0 Å². The van der Waals surface area contributed by atoms with Crippen LogP contribution in [-0.2, 0) is 21.5 Å². The quantitative estimate of drug-likeness (QED) is 0.621. The molecular weight excluding hydrogens is 299 g/mol. The molecule has 1 heterocycles. The molecule has 0 spiro atoms. The molecule has 0 atom stereocenters. The van der Waals surface area contributed by atoms with Crippen LogP contribution in [0.2, 0.25) is 0 Å². The number of rotatable bonds is 3. The second-order valence-corrected chi connectivity index (χ2v) is 7.09. The number of alkyl halides is 3. The van der Waals surface area contributed by atoms with E-state index in [9.17, 15) is 8.42 Å². The van der Waals surface area contributed by atoms with Gasteiger partial charge in [-0.25, -0.2) is 8.75 Å². The third kappa shape index (κ3) is 3.49. The summed E-state index contributed by atoms with van der Waals surface area (Å²) in [5.41, 5.74) is 0. The largest absolute Gasteiger partial charge is 0.442 e. The maximum Gasteiger partial charge on any atom is 0.442 e. The van der Waals surface area contributed by atoms with E-state index >= 15 is 0 Å². The molecule has 0 saturated heterocycles. The summed E-state index contributed by atoms with van der Waals surface area (Å²) in [6, 6.07) is 0. The fraction of sp³-hybridized carbons (Fsp3) is 0.571. The molecule has 1 aromatic heterocycles. The van der Waals surface area contributed by atoms with Crippen molar-refractivity contribution < 1.29 is 17.2 Å². The number of hydrogen-bond donors (Lipinski definition) is 0. The van der Waals surface area contributed by atoms with E-state index in [1.54, 1.807) is 24.7 Å². The lowest BCUT2D eigenvalue weighted by Crippen LogP contribution is -2.32. The molecule has 0 amide bonds. The van der Waals surface area contributed by atoms with Gasteiger partial charge in [0.25, 0.3) is 5.82 Å². The minimum Gasteiger partial charge on any atom is -0.236 e. The second kappa shape index (κ2) is 4.70. The monoisotopic (exact) mass is 307 g/mol. The van der Waals surface area contributed by atoms with E-state index in [1.807, 2.05) is 0 Å². The van der Waals surface area contributed by atoms with Gasteiger partial charge in [-0.15, -0.1) is 0 Å². The van der Waals surface area contributed by atoms with Gasteiger partial charge in [0, 0.05) is 6.92 Å². The number of imidazole rings is 1. The van der Waals surface area contributed by atoms with Gasteiger partial charge in [-0.05, 0) is 0 Å². The predicted octanol–water partition coefficient (Wildman–Crippen LogP) is 1.10. The van der Waals surface area contributed by atoms with Crippen LogP contribution in [0.25, 0.3) is 0 Å². The molecule has 0 aliphatic rings. The van der Waals surface area contributed by atoms with Crippen LogP contribution >= 0.6 is 34.8 Å². The normalized spacial score (nSPS) is 13.1. The Morgan fingerprint density at radius 3 is 2.44 bits per heavy atom. The summed E-state index contributed by atoms with van der Waals surface area (Å²) in [5, 5.41) is 0. The summed E-state index contributed by atoms with van der Waals surface area (Å²) in [4.78, 5) is 0. The third-order valence-electron chi connectivity index (χ3n) is 1.87. The lowest BCUT2D eigenvalue weighted by atomic mass is 10.7. The SMILES string of the molecule is Cc1n(S(=O)(=O)OCC(Cl)(Cl)Cl)cc[n+]1C. The standard InChI is InChI=1S/C7H10Cl3N2O3S/c1-6-11(2)3-4-12(6)16(13,14)15-5-7(8,9)10/h3-4H,5H2,1-2H3/q+1. The van der Waals surface area contributed by atoms with E-state index in [-0.39, 0.29) is 0 Å². The van der Waals surface area contributed by atoms with Gasteiger partial charge >= 0.3 is 10.3 Å². The zero-order valence-corrected chi connectivity index (χ0v) is 11.6. The van der Waals surface area contributed by atoms with Gasteiger partial charge in [-0.1, -0.05) is 38.8 Å². The molecule has 0 aliphatic heterocycles. The Morgan fingerprint density at radius 2 is 2.06 bits per heavy atom. The molecule has 5 nitrogen and oxygen atoms in total. The summed E-state index contributed by atoms with van der Waals surface area (Å²) in [7, 11) is -2.26. The lowest BCUT2D eigenvalue weighted by molar-refractivity contribution is -0.676. The topological polar surface area (TPSA) is 52.2 Å². The summed E-state index contributed by atoms with van der Waals surface area (Å²) in [6.07, 6.45) is 2.93. The summed E-state index contributed by atoms with van der Waals surface area (Å²) >= 11 is 16.2. The van der Waals surface area contributed by atoms with Gasteiger partial charge in [0.15, 0.2) is 0 Å². The van der Waals surface area contributed by atoms with Crippen molar-refractivity contribution in [2.24, 2.45) is 7.05 Å². The molecule has 0 unspecified atom stereocenters. The smallest absolute Gasteiger partial charge is 0.236 e. The van der Waals surface area contributed by atoms with E-state index in [4.69, 9.17) is 34.8 Å². The van der Waals surface area contributed by atoms with Crippen LogP contribution in [0.3, 0.4) is 0 Å². The molecular formula is C7H10Cl3N2O3S+. The number of aromatic nitrogens is 2. The molecule has 0 N–H and O–H groups in total. The van der Waals surface area contributed by atoms with Crippen LogP contribution in [0.4, 0.5) is 0 Å². The fourth-order valence-electron chi connectivity index (χ4n) is 0.966. The average molecular weight is 309 g/mol. The number of aryl methyl sites for hydroxylation is 1. The maximum absolute atomic E-state index is 11.7. The Hall–Kier alpha value is -0.0100. The molecule has 0 fully saturated rings. The highest BCUT2D eigenvalue weighted by molar-refractivity contribution is 7.85. The van der Waals surface area contributed by atoms with Crippen molar-refractivity contribution in [2.45, 2.75) is 10.7 Å². The number of nitrogens with zero attached hydrogens (tertiary/aromatic N) is 2. The first kappa shape index (κ1) is 14.1. The van der Waals surface area contributed by atoms with Gasteiger partial charge in [0.05, 0.1) is 7.05 Å². The van der Waals surface area contributed by atoms with Crippen molar-refractivity contribution in [2.75, 3.05) is 6.61 Å².